The maximum Gasteiger partial charge on any atom is 0.433 e. The number of aromatic nitrogens is 1. The van der Waals surface area contributed by atoms with Crippen LogP contribution in [0.3, 0.4) is 0 Å². The van der Waals surface area contributed by atoms with E-state index in [4.69, 9.17) is 6.85 Å². The fraction of sp³-hybridized carbons (Fsp3) is 0.286. The second-order valence-corrected chi connectivity index (χ2v) is 2.68. The minimum atomic E-state index is -4.90. The monoisotopic (exact) mass is 244 g/mol. The zero-order valence-electron chi connectivity index (χ0n) is 10.5. The molecular weight excluding hydrogens is 235 g/mol. The fourth-order valence-electron chi connectivity index (χ4n) is 0.490. The molecule has 0 N–H and O–H groups in total. The van der Waals surface area contributed by atoms with Gasteiger partial charge in [0.2, 0.25) is 0 Å². The number of pyridine rings is 1. The van der Waals surface area contributed by atoms with Gasteiger partial charge in [-0.05, 0) is 18.5 Å². The number of alkyl halides is 3. The summed E-state index contributed by atoms with van der Waals surface area (Å²) in [5.41, 5.74) is -2.28. The van der Waals surface area contributed by atoms with Crippen molar-refractivity contribution in [3.05, 3.63) is 27.9 Å². The molecule has 0 amide bonds. The first kappa shape index (κ1) is 4.60. The Morgan fingerprint density at radius 1 is 1.67 bits per heavy atom. The predicted octanol–water partition coefficient (Wildman–Crippen LogP) is 3.17. The van der Waals surface area contributed by atoms with Crippen molar-refractivity contribution in [1.82, 2.24) is 4.98 Å². The molecule has 0 atom stereocenters. The highest BCUT2D eigenvalue weighted by atomic mass is 79.9. The van der Waals surface area contributed by atoms with E-state index < -0.39 is 41.0 Å². The van der Waals surface area contributed by atoms with Gasteiger partial charge in [-0.2, -0.15) is 13.2 Å². The van der Waals surface area contributed by atoms with E-state index in [9.17, 15) is 13.2 Å². The van der Waals surface area contributed by atoms with Crippen LogP contribution in [0.4, 0.5) is 13.2 Å². The van der Waals surface area contributed by atoms with Gasteiger partial charge < -0.3 is 0 Å². The van der Waals surface area contributed by atoms with Crippen molar-refractivity contribution in [2.24, 2.45) is 0 Å². The number of hydrogen-bond donors (Lipinski definition) is 0. The molecule has 1 aromatic heterocycles. The standard InChI is InChI=1S/C7H5BrF3N/c1-4-3-12-6(2-5(4)8)7(9,10)11/h2-3H,1H3/i1D3,2D,3D. The van der Waals surface area contributed by atoms with Gasteiger partial charge in [0.1, 0.15) is 5.69 Å². The lowest BCUT2D eigenvalue weighted by atomic mass is 10.3. The van der Waals surface area contributed by atoms with Crippen molar-refractivity contribution in [1.29, 1.82) is 0 Å². The van der Waals surface area contributed by atoms with E-state index >= 15 is 0 Å². The molecule has 5 heteroatoms. The smallest absolute Gasteiger partial charge is 0.251 e. The lowest BCUT2D eigenvalue weighted by molar-refractivity contribution is -0.141. The zero-order chi connectivity index (χ0) is 13.6. The number of hydrogen-bond acceptors (Lipinski definition) is 1. The zero-order valence-corrected chi connectivity index (χ0v) is 7.05. The molecule has 12 heavy (non-hydrogen) atoms. The summed E-state index contributed by atoms with van der Waals surface area (Å²) < 4.78 is 72.2. The van der Waals surface area contributed by atoms with Gasteiger partial charge in [-0.3, -0.25) is 4.98 Å². The molecule has 0 aliphatic rings. The van der Waals surface area contributed by atoms with Gasteiger partial charge in [-0.25, -0.2) is 0 Å². The second kappa shape index (κ2) is 3.05. The van der Waals surface area contributed by atoms with Crippen LogP contribution in [-0.4, -0.2) is 4.98 Å². The Balaban J connectivity index is 3.60. The van der Waals surface area contributed by atoms with Gasteiger partial charge in [-0.15, -0.1) is 0 Å². The van der Waals surface area contributed by atoms with Crippen molar-refractivity contribution in [2.45, 2.75) is 13.0 Å². The minimum Gasteiger partial charge on any atom is -0.251 e. The molecule has 0 fully saturated rings. The lowest BCUT2D eigenvalue weighted by Crippen LogP contribution is -2.07. The van der Waals surface area contributed by atoms with Crippen molar-refractivity contribution < 1.29 is 20.0 Å². The van der Waals surface area contributed by atoms with Crippen LogP contribution < -0.4 is 0 Å². The summed E-state index contributed by atoms with van der Waals surface area (Å²) in [5.74, 6) is 0. The first-order chi connectivity index (χ1) is 7.46. The predicted molar refractivity (Wildman–Crippen MR) is 41.7 cm³/mol. The Hall–Kier alpha value is -0.580. The van der Waals surface area contributed by atoms with Crippen molar-refractivity contribution in [2.75, 3.05) is 0 Å². The highest BCUT2D eigenvalue weighted by Crippen LogP contribution is 2.29. The van der Waals surface area contributed by atoms with Crippen LogP contribution in [0.25, 0.3) is 0 Å². The Bertz CT molecular complexity index is 456. The lowest BCUT2D eigenvalue weighted by Gasteiger charge is -2.06. The Kier molecular flexibility index (Phi) is 1.17. The normalized spacial score (nSPS) is 18.8. The number of halogens is 4. The first-order valence-electron chi connectivity index (χ1n) is 5.20. The van der Waals surface area contributed by atoms with Crippen molar-refractivity contribution in [3.8, 4) is 0 Å². The quantitative estimate of drug-likeness (QED) is 0.684. The van der Waals surface area contributed by atoms with Crippen LogP contribution in [-0.2, 0) is 6.18 Å². The van der Waals surface area contributed by atoms with Gasteiger partial charge >= 0.3 is 6.18 Å². The average Bonchev–Trinajstić information content (AvgIpc) is 2.07. The Labute approximate surface area is 82.8 Å². The molecule has 1 rings (SSSR count). The molecule has 0 saturated heterocycles. The van der Waals surface area contributed by atoms with Crippen LogP contribution in [0.15, 0.2) is 16.7 Å². The molecule has 0 saturated carbocycles. The summed E-state index contributed by atoms with van der Waals surface area (Å²) in [5, 5.41) is 0. The van der Waals surface area contributed by atoms with Gasteiger partial charge in [-0.1, -0.05) is 15.9 Å². The van der Waals surface area contributed by atoms with Gasteiger partial charge in [0, 0.05) is 14.8 Å². The summed E-state index contributed by atoms with van der Waals surface area (Å²) in [6.45, 7) is -2.80. The Morgan fingerprint density at radius 3 is 2.83 bits per heavy atom. The largest absolute Gasteiger partial charge is 0.433 e. The van der Waals surface area contributed by atoms with Crippen molar-refractivity contribution in [3.63, 3.8) is 0 Å². The molecule has 0 aliphatic heterocycles. The summed E-state index contributed by atoms with van der Waals surface area (Å²) in [6, 6.07) is -1.08. The van der Waals surface area contributed by atoms with E-state index in [1.54, 1.807) is 0 Å². The molecule has 0 spiro atoms. The van der Waals surface area contributed by atoms with Gasteiger partial charge in [0.15, 0.2) is 0 Å². The second-order valence-electron chi connectivity index (χ2n) is 1.88. The third-order valence-electron chi connectivity index (χ3n) is 0.996. The number of nitrogens with zero attached hydrogens (tertiary/aromatic N) is 1. The van der Waals surface area contributed by atoms with Crippen LogP contribution >= 0.6 is 15.9 Å². The molecule has 1 nitrogen and oxygen atoms in total. The highest BCUT2D eigenvalue weighted by molar-refractivity contribution is 9.10. The van der Waals surface area contributed by atoms with E-state index in [1.165, 1.54) is 0 Å². The van der Waals surface area contributed by atoms with Crippen LogP contribution in [0.5, 0.6) is 0 Å². The van der Waals surface area contributed by atoms with Crippen LogP contribution in [0, 0.1) is 6.85 Å². The average molecular weight is 245 g/mol. The minimum absolute atomic E-state index is 0.579. The third-order valence-corrected chi connectivity index (χ3v) is 1.59. The van der Waals surface area contributed by atoms with Crippen LogP contribution in [0.1, 0.15) is 18.1 Å². The molecule has 0 aliphatic carbocycles. The summed E-state index contributed by atoms with van der Waals surface area (Å²) in [7, 11) is 0. The molecular formula is C7H5BrF3N. The summed E-state index contributed by atoms with van der Waals surface area (Å²) in [6.07, 6.45) is -5.91. The van der Waals surface area contributed by atoms with E-state index in [0.717, 1.165) is 0 Å². The SMILES string of the molecule is [2H]c1nc(C(F)(F)F)c([2H])c(Br)c1C([2H])([2H])[2H]. The first-order valence-corrected chi connectivity index (χ1v) is 3.50. The highest BCUT2D eigenvalue weighted by Gasteiger charge is 2.32. The van der Waals surface area contributed by atoms with E-state index in [-0.39, 0.29) is 0 Å². The van der Waals surface area contributed by atoms with E-state index in [2.05, 4.69) is 20.9 Å². The van der Waals surface area contributed by atoms with Gasteiger partial charge in [0.25, 0.3) is 0 Å². The molecule has 0 bridgehead atoms. The fourth-order valence-corrected chi connectivity index (χ4v) is 0.766. The van der Waals surface area contributed by atoms with Crippen LogP contribution in [0.2, 0.25) is 0 Å². The summed E-state index contributed by atoms with van der Waals surface area (Å²) >= 11 is 2.60. The van der Waals surface area contributed by atoms with E-state index in [1.807, 2.05) is 0 Å². The third kappa shape index (κ3) is 1.97. The topological polar surface area (TPSA) is 12.9 Å². The maximum atomic E-state index is 12.4. The number of rotatable bonds is 0. The molecule has 0 unspecified atom stereocenters. The molecule has 0 aromatic carbocycles. The van der Waals surface area contributed by atoms with Gasteiger partial charge in [0.05, 0.1) is 2.74 Å². The maximum absolute atomic E-state index is 12.4. The molecule has 1 heterocycles. The molecule has 66 valence electrons. The Morgan fingerprint density at radius 2 is 2.33 bits per heavy atom. The van der Waals surface area contributed by atoms with Crippen molar-refractivity contribution >= 4 is 15.9 Å². The molecule has 1 aromatic rings. The molecule has 0 radical (unpaired) electrons. The van der Waals surface area contributed by atoms with E-state index in [0.29, 0.717) is 0 Å². The summed E-state index contributed by atoms with van der Waals surface area (Å²) in [4.78, 5) is 2.84.